The second-order valence-corrected chi connectivity index (χ2v) is 11.9. The number of aromatic nitrogens is 1. The Balaban J connectivity index is 1.17. The lowest BCUT2D eigenvalue weighted by Gasteiger charge is -2.13. The molecule has 3 amide bonds. The summed E-state index contributed by atoms with van der Waals surface area (Å²) in [6, 6.07) is 26.8. The zero-order chi connectivity index (χ0) is 31.6. The third-order valence-corrected chi connectivity index (χ3v) is 8.22. The third kappa shape index (κ3) is 8.71. The average Bonchev–Trinajstić information content (AvgIpc) is 3.75. The summed E-state index contributed by atoms with van der Waals surface area (Å²) in [7, 11) is 0. The number of anilines is 2. The molecule has 0 aliphatic heterocycles. The van der Waals surface area contributed by atoms with Crippen molar-refractivity contribution in [3.05, 3.63) is 120 Å². The van der Waals surface area contributed by atoms with E-state index in [2.05, 4.69) is 20.9 Å². The highest BCUT2D eigenvalue weighted by Crippen LogP contribution is 2.29. The van der Waals surface area contributed by atoms with E-state index in [0.717, 1.165) is 21.9 Å². The third-order valence-electron chi connectivity index (χ3n) is 6.35. The normalized spacial score (nSPS) is 11.8. The van der Waals surface area contributed by atoms with Gasteiger partial charge in [-0.3, -0.25) is 14.4 Å². The second-order valence-electron chi connectivity index (χ2n) is 9.62. The van der Waals surface area contributed by atoms with Gasteiger partial charge >= 0.3 is 0 Å². The van der Waals surface area contributed by atoms with Crippen molar-refractivity contribution in [2.24, 2.45) is 0 Å². The van der Waals surface area contributed by atoms with Crippen LogP contribution in [0.1, 0.15) is 30.0 Å². The number of thiazole rings is 1. The number of carbonyl (C=O) groups is 3. The van der Waals surface area contributed by atoms with Crippen LogP contribution in [0.3, 0.4) is 0 Å². The molecule has 0 fully saturated rings. The molecule has 0 radical (unpaired) electrons. The summed E-state index contributed by atoms with van der Waals surface area (Å²) in [6.07, 6.45) is 2.94. The van der Waals surface area contributed by atoms with Crippen molar-refractivity contribution in [1.29, 1.82) is 0 Å². The Labute approximate surface area is 268 Å². The number of hydrogen-bond acceptors (Lipinski definition) is 8. The van der Waals surface area contributed by atoms with Crippen molar-refractivity contribution in [3.63, 3.8) is 0 Å². The number of amides is 3. The maximum atomic E-state index is 13.2. The standard InChI is InChI=1S/C34H30N4O5S2/c1-3-42-26-15-11-23(12-16-26)30-21-44-34(37-30)38-31(39)22(2)45-28-17-13-25(14-18-28)35-33(41)29(20-27-10-7-19-43-27)36-32(40)24-8-5-4-6-9-24/h4-22H,3H2,1-2H3,(H,35,41)(H,36,40)(H,37,38,39)/b29-20-. The Morgan fingerprint density at radius 2 is 1.71 bits per heavy atom. The van der Waals surface area contributed by atoms with Crippen LogP contribution in [0, 0.1) is 0 Å². The van der Waals surface area contributed by atoms with Crippen LogP contribution >= 0.6 is 23.1 Å². The van der Waals surface area contributed by atoms with Gasteiger partial charge in [0.2, 0.25) is 5.91 Å². The molecule has 2 heterocycles. The van der Waals surface area contributed by atoms with Crippen molar-refractivity contribution in [2.75, 3.05) is 17.2 Å². The Hall–Kier alpha value is -5.13. The summed E-state index contributed by atoms with van der Waals surface area (Å²) < 4.78 is 10.8. The van der Waals surface area contributed by atoms with Gasteiger partial charge in [0.1, 0.15) is 17.2 Å². The quantitative estimate of drug-likeness (QED) is 0.0966. The van der Waals surface area contributed by atoms with Crippen LogP contribution in [0.2, 0.25) is 0 Å². The van der Waals surface area contributed by atoms with Crippen molar-refractivity contribution < 1.29 is 23.5 Å². The zero-order valence-corrected chi connectivity index (χ0v) is 26.1. The summed E-state index contributed by atoms with van der Waals surface area (Å²) in [4.78, 5) is 44.2. The smallest absolute Gasteiger partial charge is 0.272 e. The van der Waals surface area contributed by atoms with E-state index < -0.39 is 17.1 Å². The number of ether oxygens (including phenoxy) is 1. The Morgan fingerprint density at radius 3 is 2.40 bits per heavy atom. The number of thioether (sulfide) groups is 1. The van der Waals surface area contributed by atoms with Crippen LogP contribution in [0.15, 0.2) is 118 Å². The van der Waals surface area contributed by atoms with E-state index in [4.69, 9.17) is 9.15 Å². The van der Waals surface area contributed by atoms with Gasteiger partial charge in [-0.2, -0.15) is 0 Å². The first-order chi connectivity index (χ1) is 21.9. The average molecular weight is 639 g/mol. The van der Waals surface area contributed by atoms with E-state index >= 15 is 0 Å². The fraction of sp³-hybridized carbons (Fsp3) is 0.118. The number of rotatable bonds is 12. The molecule has 11 heteroatoms. The summed E-state index contributed by atoms with van der Waals surface area (Å²) in [6.45, 7) is 4.36. The predicted molar refractivity (Wildman–Crippen MR) is 178 cm³/mol. The maximum absolute atomic E-state index is 13.2. The molecule has 1 atom stereocenters. The highest BCUT2D eigenvalue weighted by Gasteiger charge is 2.18. The molecule has 0 aliphatic carbocycles. The van der Waals surface area contributed by atoms with Gasteiger partial charge in [0, 0.05) is 33.2 Å². The number of nitrogens with zero attached hydrogens (tertiary/aromatic N) is 1. The van der Waals surface area contributed by atoms with Crippen molar-refractivity contribution >= 4 is 57.7 Å². The predicted octanol–water partition coefficient (Wildman–Crippen LogP) is 7.33. The highest BCUT2D eigenvalue weighted by molar-refractivity contribution is 8.00. The lowest BCUT2D eigenvalue weighted by atomic mass is 10.2. The zero-order valence-electron chi connectivity index (χ0n) is 24.5. The monoisotopic (exact) mass is 638 g/mol. The van der Waals surface area contributed by atoms with Crippen molar-refractivity contribution in [3.8, 4) is 17.0 Å². The van der Waals surface area contributed by atoms with Crippen LogP contribution in [0.4, 0.5) is 10.8 Å². The second kappa shape index (κ2) is 15.0. The van der Waals surface area contributed by atoms with E-state index in [0.29, 0.717) is 28.7 Å². The number of nitrogens with one attached hydrogen (secondary N) is 3. The molecule has 1 unspecified atom stereocenters. The van der Waals surface area contributed by atoms with E-state index in [1.165, 1.54) is 35.4 Å². The molecule has 228 valence electrons. The molecule has 0 saturated carbocycles. The molecule has 3 aromatic carbocycles. The minimum atomic E-state index is -0.517. The van der Waals surface area contributed by atoms with Gasteiger partial charge in [0.15, 0.2) is 5.13 Å². The van der Waals surface area contributed by atoms with Gasteiger partial charge in [-0.25, -0.2) is 4.98 Å². The summed E-state index contributed by atoms with van der Waals surface area (Å²) >= 11 is 2.74. The van der Waals surface area contributed by atoms with Gasteiger partial charge in [0.05, 0.1) is 23.8 Å². The molecule has 5 aromatic rings. The van der Waals surface area contributed by atoms with Gasteiger partial charge in [-0.15, -0.1) is 23.1 Å². The van der Waals surface area contributed by atoms with E-state index in [1.807, 2.05) is 55.6 Å². The first kappa shape index (κ1) is 31.3. The first-order valence-corrected chi connectivity index (χ1v) is 15.8. The van der Waals surface area contributed by atoms with Gasteiger partial charge in [-0.05, 0) is 86.6 Å². The van der Waals surface area contributed by atoms with Crippen LogP contribution in [-0.4, -0.2) is 34.6 Å². The van der Waals surface area contributed by atoms with Crippen LogP contribution in [0.5, 0.6) is 5.75 Å². The Kier molecular flexibility index (Phi) is 10.5. The lowest BCUT2D eigenvalue weighted by Crippen LogP contribution is -2.30. The Bertz CT molecular complexity index is 1770. The molecule has 0 saturated heterocycles. The Morgan fingerprint density at radius 1 is 0.956 bits per heavy atom. The van der Waals surface area contributed by atoms with Gasteiger partial charge < -0.3 is 25.1 Å². The minimum Gasteiger partial charge on any atom is -0.494 e. The molecule has 0 aliphatic rings. The minimum absolute atomic E-state index is 0.0235. The molecule has 0 bridgehead atoms. The lowest BCUT2D eigenvalue weighted by molar-refractivity contribution is -0.115. The molecular weight excluding hydrogens is 609 g/mol. The van der Waals surface area contributed by atoms with Gasteiger partial charge in [-0.1, -0.05) is 18.2 Å². The van der Waals surface area contributed by atoms with Crippen LogP contribution < -0.4 is 20.7 Å². The SMILES string of the molecule is CCOc1ccc(-c2csc(NC(=O)C(C)Sc3ccc(NC(=O)/C(=C/c4ccco4)NC(=O)c4ccccc4)cc3)n2)cc1. The van der Waals surface area contributed by atoms with Crippen LogP contribution in [-0.2, 0) is 9.59 Å². The van der Waals surface area contributed by atoms with Gasteiger partial charge in [0.25, 0.3) is 11.8 Å². The number of hydrogen-bond donors (Lipinski definition) is 3. The summed E-state index contributed by atoms with van der Waals surface area (Å²) in [5.74, 6) is 0.0966. The summed E-state index contributed by atoms with van der Waals surface area (Å²) in [5, 5.41) is 10.4. The summed E-state index contributed by atoms with van der Waals surface area (Å²) in [5.41, 5.74) is 2.67. The van der Waals surface area contributed by atoms with E-state index in [1.54, 1.807) is 54.6 Å². The number of carbonyl (C=O) groups excluding carboxylic acids is 3. The maximum Gasteiger partial charge on any atom is 0.272 e. The fourth-order valence-electron chi connectivity index (χ4n) is 4.09. The van der Waals surface area contributed by atoms with Crippen molar-refractivity contribution in [1.82, 2.24) is 10.3 Å². The molecular formula is C34H30N4O5S2. The molecule has 2 aromatic heterocycles. The van der Waals surface area contributed by atoms with E-state index in [-0.39, 0.29) is 11.6 Å². The van der Waals surface area contributed by atoms with Crippen LogP contribution in [0.25, 0.3) is 17.3 Å². The number of furan rings is 1. The molecule has 9 nitrogen and oxygen atoms in total. The topological polar surface area (TPSA) is 123 Å². The molecule has 0 spiro atoms. The molecule has 5 rings (SSSR count). The number of benzene rings is 3. The molecule has 3 N–H and O–H groups in total. The first-order valence-electron chi connectivity index (χ1n) is 14.1. The molecule has 45 heavy (non-hydrogen) atoms. The largest absolute Gasteiger partial charge is 0.494 e. The fourth-order valence-corrected chi connectivity index (χ4v) is 5.68. The van der Waals surface area contributed by atoms with E-state index in [9.17, 15) is 14.4 Å². The highest BCUT2D eigenvalue weighted by atomic mass is 32.2. The van der Waals surface area contributed by atoms with Crippen molar-refractivity contribution in [2.45, 2.75) is 24.0 Å².